The van der Waals surface area contributed by atoms with E-state index >= 15 is 0 Å². The predicted octanol–water partition coefficient (Wildman–Crippen LogP) is 3.47. The molecule has 0 spiro atoms. The van der Waals surface area contributed by atoms with Crippen LogP contribution in [-0.2, 0) is 6.54 Å². The van der Waals surface area contributed by atoms with E-state index in [0.29, 0.717) is 31.5 Å². The van der Waals surface area contributed by atoms with Crippen molar-refractivity contribution in [2.45, 2.75) is 44.9 Å². The predicted molar refractivity (Wildman–Crippen MR) is 111 cm³/mol. The van der Waals surface area contributed by atoms with Gasteiger partial charge in [-0.3, -0.25) is 9.80 Å². The first kappa shape index (κ1) is 22.9. The molecule has 0 saturated carbocycles. The number of nitrogens with zero attached hydrogens (tertiary/aromatic N) is 2. The van der Waals surface area contributed by atoms with Gasteiger partial charge in [0, 0.05) is 32.2 Å². The minimum Gasteiger partial charge on any atom is -0.338 e. The maximum atomic E-state index is 12.5. The lowest BCUT2D eigenvalue weighted by molar-refractivity contribution is -0.148. The Hall–Kier alpha value is -1.80. The first-order valence-corrected chi connectivity index (χ1v) is 10.9. The van der Waals surface area contributed by atoms with Crippen molar-refractivity contribution in [3.63, 3.8) is 0 Å². The summed E-state index contributed by atoms with van der Waals surface area (Å²) < 4.78 is 37.4. The van der Waals surface area contributed by atoms with E-state index in [1.165, 1.54) is 10.5 Å². The fourth-order valence-electron chi connectivity index (χ4n) is 4.52. The van der Waals surface area contributed by atoms with Gasteiger partial charge in [-0.2, -0.15) is 13.2 Å². The fourth-order valence-corrected chi connectivity index (χ4v) is 4.52. The van der Waals surface area contributed by atoms with Crippen molar-refractivity contribution in [3.05, 3.63) is 35.9 Å². The van der Waals surface area contributed by atoms with Crippen LogP contribution in [0.25, 0.3) is 0 Å². The van der Waals surface area contributed by atoms with Crippen LogP contribution >= 0.6 is 0 Å². The highest BCUT2D eigenvalue weighted by Crippen LogP contribution is 2.24. The van der Waals surface area contributed by atoms with Crippen LogP contribution in [0.3, 0.4) is 0 Å². The van der Waals surface area contributed by atoms with Crippen LogP contribution in [-0.4, -0.2) is 67.3 Å². The Kier molecular flexibility index (Phi) is 7.99. The number of rotatable bonds is 7. The number of carbonyl (C=O) groups is 1. The average molecular weight is 427 g/mol. The van der Waals surface area contributed by atoms with Crippen molar-refractivity contribution in [3.8, 4) is 0 Å². The number of benzene rings is 1. The zero-order valence-corrected chi connectivity index (χ0v) is 17.6. The van der Waals surface area contributed by atoms with Crippen LogP contribution in [0.5, 0.6) is 0 Å². The largest absolute Gasteiger partial charge is 0.401 e. The van der Waals surface area contributed by atoms with Crippen molar-refractivity contribution in [1.82, 2.24) is 20.4 Å². The van der Waals surface area contributed by atoms with E-state index in [1.807, 2.05) is 18.2 Å². The quantitative estimate of drug-likeness (QED) is 0.702. The Labute approximate surface area is 177 Å². The topological polar surface area (TPSA) is 47.6 Å². The monoisotopic (exact) mass is 426 g/mol. The number of hydrogen-bond acceptors (Lipinski definition) is 3. The number of urea groups is 1. The lowest BCUT2D eigenvalue weighted by Crippen LogP contribution is -2.46. The van der Waals surface area contributed by atoms with Crippen LogP contribution < -0.4 is 10.6 Å². The Bertz CT molecular complexity index is 662. The average Bonchev–Trinajstić information content (AvgIpc) is 3.01. The van der Waals surface area contributed by atoms with E-state index in [1.54, 1.807) is 0 Å². The summed E-state index contributed by atoms with van der Waals surface area (Å²) in [7, 11) is 0. The fraction of sp³-hybridized carbons (Fsp3) is 0.682. The third kappa shape index (κ3) is 7.47. The molecule has 8 heteroatoms. The number of alkyl halides is 3. The van der Waals surface area contributed by atoms with Gasteiger partial charge >= 0.3 is 12.2 Å². The van der Waals surface area contributed by atoms with E-state index in [9.17, 15) is 18.0 Å². The Balaban J connectivity index is 1.30. The van der Waals surface area contributed by atoms with Crippen molar-refractivity contribution >= 4 is 6.03 Å². The molecule has 0 bridgehead atoms. The zero-order valence-electron chi connectivity index (χ0n) is 17.6. The van der Waals surface area contributed by atoms with Gasteiger partial charge in [-0.1, -0.05) is 37.3 Å². The highest BCUT2D eigenvalue weighted by molar-refractivity contribution is 5.74. The molecule has 1 aromatic rings. The maximum Gasteiger partial charge on any atom is 0.401 e. The van der Waals surface area contributed by atoms with Crippen molar-refractivity contribution in [2.24, 2.45) is 11.8 Å². The van der Waals surface area contributed by atoms with Gasteiger partial charge < -0.3 is 10.6 Å². The first-order valence-electron chi connectivity index (χ1n) is 10.9. The molecule has 5 nitrogen and oxygen atoms in total. The Morgan fingerprint density at radius 3 is 2.47 bits per heavy atom. The number of likely N-dealkylation sites (tertiary alicyclic amines) is 2. The third-order valence-electron chi connectivity index (χ3n) is 6.20. The molecule has 1 aromatic carbocycles. The number of carbonyl (C=O) groups excluding carboxylic acids is 1. The summed E-state index contributed by atoms with van der Waals surface area (Å²) in [6, 6.07) is 10.3. The molecule has 2 N–H and O–H groups in total. The minimum absolute atomic E-state index is 0.124. The zero-order chi connectivity index (χ0) is 21.6. The molecule has 2 atom stereocenters. The van der Waals surface area contributed by atoms with E-state index in [0.717, 1.165) is 38.9 Å². The summed E-state index contributed by atoms with van der Waals surface area (Å²) in [5.41, 5.74) is 1.27. The molecule has 2 saturated heterocycles. The van der Waals surface area contributed by atoms with E-state index in [4.69, 9.17) is 0 Å². The minimum atomic E-state index is -4.12. The van der Waals surface area contributed by atoms with Gasteiger partial charge in [0.2, 0.25) is 0 Å². The molecular weight excluding hydrogens is 393 g/mol. The molecule has 2 heterocycles. The van der Waals surface area contributed by atoms with Gasteiger partial charge in [0.05, 0.1) is 6.54 Å². The van der Waals surface area contributed by atoms with Gasteiger partial charge in [-0.25, -0.2) is 4.79 Å². The Morgan fingerprint density at radius 1 is 1.10 bits per heavy atom. The molecule has 0 aromatic heterocycles. The molecule has 0 aliphatic carbocycles. The standard InChI is InChI=1S/C22H33F3N4O/c1-17-13-29(14-19-5-3-2-4-6-19)15-20(17)27-21(30)26-10-7-18-8-11-28(12-9-18)16-22(23,24)25/h2-6,17-18,20H,7-16H2,1H3,(H2,26,27,30). The maximum absolute atomic E-state index is 12.5. The van der Waals surface area contributed by atoms with Gasteiger partial charge in [-0.05, 0) is 49.8 Å². The highest BCUT2D eigenvalue weighted by atomic mass is 19.4. The van der Waals surface area contributed by atoms with Gasteiger partial charge in [-0.15, -0.1) is 0 Å². The van der Waals surface area contributed by atoms with Crippen LogP contribution in [0.15, 0.2) is 30.3 Å². The van der Waals surface area contributed by atoms with E-state index < -0.39 is 12.7 Å². The second-order valence-electron chi connectivity index (χ2n) is 8.79. The van der Waals surface area contributed by atoms with Crippen molar-refractivity contribution in [1.29, 1.82) is 0 Å². The SMILES string of the molecule is CC1CN(Cc2ccccc2)CC1NC(=O)NCCC1CCN(CC(F)(F)F)CC1. The second-order valence-corrected chi connectivity index (χ2v) is 8.79. The summed E-state index contributed by atoms with van der Waals surface area (Å²) in [5.74, 6) is 0.763. The van der Waals surface area contributed by atoms with Crippen LogP contribution in [0.4, 0.5) is 18.0 Å². The number of nitrogens with one attached hydrogen (secondary N) is 2. The lowest BCUT2D eigenvalue weighted by atomic mass is 9.93. The van der Waals surface area contributed by atoms with Crippen molar-refractivity contribution in [2.75, 3.05) is 39.3 Å². The number of piperidine rings is 1. The molecule has 3 rings (SSSR count). The van der Waals surface area contributed by atoms with Crippen LogP contribution in [0.1, 0.15) is 31.7 Å². The molecule has 2 amide bonds. The third-order valence-corrected chi connectivity index (χ3v) is 6.20. The molecular formula is C22H33F3N4O. The van der Waals surface area contributed by atoms with Crippen LogP contribution in [0, 0.1) is 11.8 Å². The molecule has 2 aliphatic rings. The van der Waals surface area contributed by atoms with Gasteiger partial charge in [0.1, 0.15) is 0 Å². The van der Waals surface area contributed by atoms with E-state index in [-0.39, 0.29) is 12.1 Å². The summed E-state index contributed by atoms with van der Waals surface area (Å²) in [6.45, 7) is 5.53. The lowest BCUT2D eigenvalue weighted by Gasteiger charge is -2.32. The smallest absolute Gasteiger partial charge is 0.338 e. The highest BCUT2D eigenvalue weighted by Gasteiger charge is 2.33. The summed E-state index contributed by atoms with van der Waals surface area (Å²) in [6.07, 6.45) is -1.80. The molecule has 2 fully saturated rings. The normalized spacial score (nSPS) is 24.1. The number of halogens is 3. The molecule has 0 radical (unpaired) electrons. The number of hydrogen-bond donors (Lipinski definition) is 2. The number of amides is 2. The molecule has 30 heavy (non-hydrogen) atoms. The van der Waals surface area contributed by atoms with Gasteiger partial charge in [0.25, 0.3) is 0 Å². The van der Waals surface area contributed by atoms with E-state index in [2.05, 4.69) is 34.6 Å². The van der Waals surface area contributed by atoms with Crippen LogP contribution in [0.2, 0.25) is 0 Å². The summed E-state index contributed by atoms with van der Waals surface area (Å²) in [5, 5.41) is 6.02. The molecule has 2 unspecified atom stereocenters. The second kappa shape index (κ2) is 10.5. The first-order chi connectivity index (χ1) is 14.3. The van der Waals surface area contributed by atoms with Gasteiger partial charge in [0.15, 0.2) is 0 Å². The summed E-state index contributed by atoms with van der Waals surface area (Å²) in [4.78, 5) is 16.1. The van der Waals surface area contributed by atoms with Crippen molar-refractivity contribution < 1.29 is 18.0 Å². The molecule has 168 valence electrons. The molecule has 2 aliphatic heterocycles. The Morgan fingerprint density at radius 2 is 1.80 bits per heavy atom. The summed E-state index contributed by atoms with van der Waals surface area (Å²) >= 11 is 0.